The highest BCUT2D eigenvalue weighted by Crippen LogP contribution is 2.57. The van der Waals surface area contributed by atoms with Crippen molar-refractivity contribution in [2.24, 2.45) is 23.2 Å². The first-order valence-electron chi connectivity index (χ1n) is 7.78. The first-order valence-corrected chi connectivity index (χ1v) is 7.78. The minimum Gasteiger partial charge on any atom is -0.0651 e. The lowest BCUT2D eigenvalue weighted by Crippen LogP contribution is -2.46. The van der Waals surface area contributed by atoms with Crippen molar-refractivity contribution in [3.63, 3.8) is 0 Å². The monoisotopic (exact) mass is 222 g/mol. The van der Waals surface area contributed by atoms with Gasteiger partial charge >= 0.3 is 0 Å². The summed E-state index contributed by atoms with van der Waals surface area (Å²) in [5.41, 5.74) is 0.720. The number of hydrogen-bond donors (Lipinski definition) is 0. The second-order valence-electron chi connectivity index (χ2n) is 6.27. The molecule has 2 fully saturated rings. The van der Waals surface area contributed by atoms with Gasteiger partial charge in [0.15, 0.2) is 0 Å². The Labute approximate surface area is 102 Å². The van der Waals surface area contributed by atoms with Crippen molar-refractivity contribution in [1.82, 2.24) is 0 Å². The van der Waals surface area contributed by atoms with Gasteiger partial charge < -0.3 is 0 Å². The molecule has 0 nitrogen and oxygen atoms in total. The van der Waals surface area contributed by atoms with Crippen LogP contribution in [0.15, 0.2) is 0 Å². The first-order chi connectivity index (χ1) is 7.78. The second kappa shape index (κ2) is 5.10. The van der Waals surface area contributed by atoms with E-state index in [0.29, 0.717) is 0 Å². The van der Waals surface area contributed by atoms with E-state index in [1.165, 1.54) is 38.5 Å². The van der Waals surface area contributed by atoms with Crippen LogP contribution in [0, 0.1) is 23.2 Å². The second-order valence-corrected chi connectivity index (χ2v) is 6.27. The summed E-state index contributed by atoms with van der Waals surface area (Å²) in [6.45, 7) is 7.35. The lowest BCUT2D eigenvalue weighted by molar-refractivity contribution is -0.0486. The molecule has 0 heteroatoms. The van der Waals surface area contributed by atoms with Crippen LogP contribution in [0.5, 0.6) is 0 Å². The van der Waals surface area contributed by atoms with E-state index in [4.69, 9.17) is 0 Å². The molecule has 0 N–H and O–H groups in total. The van der Waals surface area contributed by atoms with Crippen LogP contribution in [0.25, 0.3) is 0 Å². The Hall–Kier alpha value is 0. The summed E-state index contributed by atoms with van der Waals surface area (Å²) in [5, 5.41) is 0. The number of fused-ring (bicyclic) bond motifs is 1. The Morgan fingerprint density at radius 2 is 1.56 bits per heavy atom. The van der Waals surface area contributed by atoms with Gasteiger partial charge in [-0.25, -0.2) is 0 Å². The van der Waals surface area contributed by atoms with E-state index in [9.17, 15) is 0 Å². The van der Waals surface area contributed by atoms with Crippen molar-refractivity contribution >= 4 is 0 Å². The number of rotatable bonds is 3. The van der Waals surface area contributed by atoms with Crippen molar-refractivity contribution < 1.29 is 0 Å². The Balaban J connectivity index is 2.23. The quantitative estimate of drug-likeness (QED) is 0.598. The molecule has 0 heterocycles. The molecule has 3 atom stereocenters. The molecule has 0 spiro atoms. The average Bonchev–Trinajstić information content (AvgIpc) is 2.37. The van der Waals surface area contributed by atoms with Crippen molar-refractivity contribution in [3.8, 4) is 0 Å². The van der Waals surface area contributed by atoms with Crippen LogP contribution < -0.4 is 0 Å². The van der Waals surface area contributed by atoms with Crippen LogP contribution in [0.2, 0.25) is 0 Å². The van der Waals surface area contributed by atoms with Crippen LogP contribution in [-0.4, -0.2) is 0 Å². The molecule has 16 heavy (non-hydrogen) atoms. The Morgan fingerprint density at radius 1 is 0.875 bits per heavy atom. The summed E-state index contributed by atoms with van der Waals surface area (Å²) in [6, 6.07) is 0. The molecule has 0 aromatic heterocycles. The Kier molecular flexibility index (Phi) is 3.97. The largest absolute Gasteiger partial charge is 0.0651 e. The Morgan fingerprint density at radius 3 is 2.19 bits per heavy atom. The molecule has 0 saturated heterocycles. The third kappa shape index (κ3) is 1.83. The van der Waals surface area contributed by atoms with Crippen LogP contribution in [-0.2, 0) is 0 Å². The molecule has 2 aliphatic carbocycles. The van der Waals surface area contributed by atoms with Gasteiger partial charge in [0.05, 0.1) is 0 Å². The molecule has 0 aromatic rings. The zero-order chi connectivity index (χ0) is 11.6. The van der Waals surface area contributed by atoms with Crippen LogP contribution in [0.3, 0.4) is 0 Å². The predicted octanol–water partition coefficient (Wildman–Crippen LogP) is 5.42. The van der Waals surface area contributed by atoms with Gasteiger partial charge in [-0.1, -0.05) is 46.5 Å². The van der Waals surface area contributed by atoms with Crippen LogP contribution in [0.4, 0.5) is 0 Å². The lowest BCUT2D eigenvalue weighted by Gasteiger charge is -2.55. The van der Waals surface area contributed by atoms with Crippen molar-refractivity contribution in [2.45, 2.75) is 78.6 Å². The van der Waals surface area contributed by atoms with Crippen LogP contribution >= 0.6 is 0 Å². The molecule has 0 aromatic carbocycles. The molecule has 0 amide bonds. The zero-order valence-electron chi connectivity index (χ0n) is 11.6. The fraction of sp³-hybridized carbons (Fsp3) is 1.00. The summed E-state index contributed by atoms with van der Waals surface area (Å²) < 4.78 is 0. The van der Waals surface area contributed by atoms with Gasteiger partial charge in [0.2, 0.25) is 0 Å². The van der Waals surface area contributed by atoms with Gasteiger partial charge in [0.1, 0.15) is 0 Å². The van der Waals surface area contributed by atoms with Gasteiger partial charge in [0.25, 0.3) is 0 Å². The average molecular weight is 222 g/mol. The molecule has 0 radical (unpaired) electrons. The van der Waals surface area contributed by atoms with Gasteiger partial charge in [-0.15, -0.1) is 0 Å². The van der Waals surface area contributed by atoms with Gasteiger partial charge in [-0.05, 0) is 55.3 Å². The summed E-state index contributed by atoms with van der Waals surface area (Å²) in [6.07, 6.45) is 13.5. The highest BCUT2D eigenvalue weighted by Gasteiger charge is 2.48. The lowest BCUT2D eigenvalue weighted by atomic mass is 9.50. The maximum absolute atomic E-state index is 2.46. The smallest absolute Gasteiger partial charge is 0.0244 e. The van der Waals surface area contributed by atoms with Crippen molar-refractivity contribution in [2.75, 3.05) is 0 Å². The minimum atomic E-state index is 0.720. The molecule has 94 valence electrons. The fourth-order valence-corrected chi connectivity index (χ4v) is 5.28. The molecular formula is C16H30. The molecule has 0 bridgehead atoms. The minimum absolute atomic E-state index is 0.720. The van der Waals surface area contributed by atoms with Crippen molar-refractivity contribution in [3.05, 3.63) is 0 Å². The van der Waals surface area contributed by atoms with E-state index >= 15 is 0 Å². The summed E-state index contributed by atoms with van der Waals surface area (Å²) in [4.78, 5) is 0. The predicted molar refractivity (Wildman–Crippen MR) is 71.5 cm³/mol. The summed E-state index contributed by atoms with van der Waals surface area (Å²) in [7, 11) is 0. The SMILES string of the molecule is CCC1CCC2CCCCC2C1(CC)CC. The van der Waals surface area contributed by atoms with Crippen LogP contribution in [0.1, 0.15) is 78.6 Å². The zero-order valence-corrected chi connectivity index (χ0v) is 11.6. The first kappa shape index (κ1) is 12.5. The van der Waals surface area contributed by atoms with Crippen molar-refractivity contribution in [1.29, 1.82) is 0 Å². The van der Waals surface area contributed by atoms with Gasteiger partial charge in [-0.2, -0.15) is 0 Å². The summed E-state index contributed by atoms with van der Waals surface area (Å²) >= 11 is 0. The van der Waals surface area contributed by atoms with E-state index < -0.39 is 0 Å². The molecule has 2 saturated carbocycles. The molecule has 2 aliphatic rings. The molecule has 3 unspecified atom stereocenters. The maximum atomic E-state index is 2.46. The van der Waals surface area contributed by atoms with E-state index in [1.54, 1.807) is 19.3 Å². The highest BCUT2D eigenvalue weighted by atomic mass is 14.5. The standard InChI is InChI=1S/C16H30/c1-4-14-12-11-13-9-7-8-10-15(13)16(14,5-2)6-3/h13-15H,4-12H2,1-3H3. The van der Waals surface area contributed by atoms with Gasteiger partial charge in [0, 0.05) is 0 Å². The maximum Gasteiger partial charge on any atom is -0.0244 e. The fourth-order valence-electron chi connectivity index (χ4n) is 5.28. The third-order valence-corrected chi connectivity index (χ3v) is 6.16. The molecular weight excluding hydrogens is 192 g/mol. The molecule has 0 aliphatic heterocycles. The normalized spacial score (nSPS) is 38.1. The third-order valence-electron chi connectivity index (χ3n) is 6.16. The highest BCUT2D eigenvalue weighted by molar-refractivity contribution is 4.98. The summed E-state index contributed by atoms with van der Waals surface area (Å²) in [5.74, 6) is 3.20. The van der Waals surface area contributed by atoms with Gasteiger partial charge in [-0.3, -0.25) is 0 Å². The number of hydrogen-bond acceptors (Lipinski definition) is 0. The van der Waals surface area contributed by atoms with E-state index in [1.807, 2.05) is 0 Å². The molecule has 2 rings (SSSR count). The van der Waals surface area contributed by atoms with E-state index in [0.717, 1.165) is 23.2 Å². The van der Waals surface area contributed by atoms with E-state index in [-0.39, 0.29) is 0 Å². The Bertz CT molecular complexity index is 214. The topological polar surface area (TPSA) is 0 Å². The van der Waals surface area contributed by atoms with E-state index in [2.05, 4.69) is 20.8 Å².